The van der Waals surface area contributed by atoms with Crippen molar-refractivity contribution in [3.63, 3.8) is 0 Å². The predicted molar refractivity (Wildman–Crippen MR) is 59.1 cm³/mol. The standard InChI is InChI=1S/C11H13BrF2O/c1-3-8(4-2)15-10-6-7(12)5-9(13)11(10)14/h5-6,8H,3-4H2,1-2H3. The lowest BCUT2D eigenvalue weighted by Crippen LogP contribution is -2.14. The smallest absolute Gasteiger partial charge is 0.200 e. The summed E-state index contributed by atoms with van der Waals surface area (Å²) in [7, 11) is 0. The van der Waals surface area contributed by atoms with Gasteiger partial charge in [-0.05, 0) is 25.0 Å². The molecule has 0 aliphatic heterocycles. The predicted octanol–water partition coefficient (Wildman–Crippen LogP) is 4.29. The lowest BCUT2D eigenvalue weighted by Gasteiger charge is -2.16. The summed E-state index contributed by atoms with van der Waals surface area (Å²) >= 11 is 3.09. The molecule has 0 bridgehead atoms. The maximum absolute atomic E-state index is 13.3. The summed E-state index contributed by atoms with van der Waals surface area (Å²) in [5.41, 5.74) is 0. The molecule has 0 unspecified atom stereocenters. The molecule has 15 heavy (non-hydrogen) atoms. The van der Waals surface area contributed by atoms with Crippen molar-refractivity contribution in [2.75, 3.05) is 0 Å². The largest absolute Gasteiger partial charge is 0.487 e. The number of halogens is 3. The number of hydrogen-bond acceptors (Lipinski definition) is 1. The minimum absolute atomic E-state index is 0.0319. The van der Waals surface area contributed by atoms with Crippen molar-refractivity contribution in [1.29, 1.82) is 0 Å². The molecule has 0 amide bonds. The van der Waals surface area contributed by atoms with Gasteiger partial charge in [0.05, 0.1) is 6.10 Å². The Morgan fingerprint density at radius 3 is 2.40 bits per heavy atom. The Morgan fingerprint density at radius 1 is 1.27 bits per heavy atom. The lowest BCUT2D eigenvalue weighted by molar-refractivity contribution is 0.182. The first-order valence-corrected chi connectivity index (χ1v) is 5.69. The van der Waals surface area contributed by atoms with Gasteiger partial charge in [0, 0.05) is 4.47 Å². The topological polar surface area (TPSA) is 9.23 Å². The molecule has 0 atom stereocenters. The van der Waals surface area contributed by atoms with Gasteiger partial charge in [-0.3, -0.25) is 0 Å². The second kappa shape index (κ2) is 5.45. The van der Waals surface area contributed by atoms with E-state index in [1.54, 1.807) is 0 Å². The summed E-state index contributed by atoms with van der Waals surface area (Å²) in [5, 5.41) is 0. The van der Waals surface area contributed by atoms with Crippen molar-refractivity contribution in [2.45, 2.75) is 32.8 Å². The Labute approximate surface area is 96.6 Å². The van der Waals surface area contributed by atoms with Crippen molar-refractivity contribution in [3.05, 3.63) is 28.2 Å². The van der Waals surface area contributed by atoms with Crippen molar-refractivity contribution in [3.8, 4) is 5.75 Å². The quantitative estimate of drug-likeness (QED) is 0.747. The van der Waals surface area contributed by atoms with E-state index in [2.05, 4.69) is 15.9 Å². The summed E-state index contributed by atoms with van der Waals surface area (Å²) in [6.45, 7) is 3.89. The van der Waals surface area contributed by atoms with Crippen molar-refractivity contribution >= 4 is 15.9 Å². The summed E-state index contributed by atoms with van der Waals surface area (Å²) in [6, 6.07) is 2.52. The van der Waals surface area contributed by atoms with E-state index in [-0.39, 0.29) is 11.9 Å². The fraction of sp³-hybridized carbons (Fsp3) is 0.455. The van der Waals surface area contributed by atoms with Gasteiger partial charge in [0.2, 0.25) is 5.82 Å². The van der Waals surface area contributed by atoms with Crippen molar-refractivity contribution < 1.29 is 13.5 Å². The SMILES string of the molecule is CCC(CC)Oc1cc(Br)cc(F)c1F. The molecule has 0 saturated carbocycles. The van der Waals surface area contributed by atoms with E-state index in [0.717, 1.165) is 18.9 Å². The Balaban J connectivity index is 2.93. The Kier molecular flexibility index (Phi) is 4.51. The molecule has 0 radical (unpaired) electrons. The summed E-state index contributed by atoms with van der Waals surface area (Å²) in [5.74, 6) is -1.86. The highest BCUT2D eigenvalue weighted by Gasteiger charge is 2.14. The molecular formula is C11H13BrF2O. The Bertz CT molecular complexity index is 338. The molecule has 0 saturated heterocycles. The van der Waals surface area contributed by atoms with Crippen LogP contribution in [0.1, 0.15) is 26.7 Å². The minimum atomic E-state index is -0.926. The molecule has 1 rings (SSSR count). The zero-order chi connectivity index (χ0) is 11.4. The first kappa shape index (κ1) is 12.4. The second-order valence-corrected chi connectivity index (χ2v) is 4.17. The third kappa shape index (κ3) is 3.16. The van der Waals surface area contributed by atoms with Gasteiger partial charge in [-0.2, -0.15) is 4.39 Å². The van der Waals surface area contributed by atoms with Crippen molar-refractivity contribution in [1.82, 2.24) is 0 Å². The average molecular weight is 279 g/mol. The van der Waals surface area contributed by atoms with E-state index in [1.807, 2.05) is 13.8 Å². The van der Waals surface area contributed by atoms with Crippen LogP contribution in [0.4, 0.5) is 8.78 Å². The maximum Gasteiger partial charge on any atom is 0.200 e. The second-order valence-electron chi connectivity index (χ2n) is 3.26. The molecule has 0 spiro atoms. The molecule has 1 aromatic rings. The van der Waals surface area contributed by atoms with Gasteiger partial charge in [0.25, 0.3) is 0 Å². The number of rotatable bonds is 4. The van der Waals surface area contributed by atoms with Gasteiger partial charge in [-0.25, -0.2) is 4.39 Å². The number of benzene rings is 1. The number of ether oxygens (including phenoxy) is 1. The summed E-state index contributed by atoms with van der Waals surface area (Å²) in [6.07, 6.45) is 1.46. The van der Waals surface area contributed by atoms with E-state index in [9.17, 15) is 8.78 Å². The van der Waals surface area contributed by atoms with Crippen LogP contribution in [-0.4, -0.2) is 6.10 Å². The lowest BCUT2D eigenvalue weighted by atomic mass is 10.2. The van der Waals surface area contributed by atoms with Crippen LogP contribution >= 0.6 is 15.9 Å². The summed E-state index contributed by atoms with van der Waals surface area (Å²) in [4.78, 5) is 0. The zero-order valence-corrected chi connectivity index (χ0v) is 10.3. The molecule has 0 aliphatic rings. The van der Waals surface area contributed by atoms with Crippen LogP contribution in [0.3, 0.4) is 0 Å². The molecule has 1 nitrogen and oxygen atoms in total. The third-order valence-corrected chi connectivity index (χ3v) is 2.62. The van der Waals surface area contributed by atoms with Crippen LogP contribution in [0.15, 0.2) is 16.6 Å². The highest BCUT2D eigenvalue weighted by atomic mass is 79.9. The first-order valence-electron chi connectivity index (χ1n) is 4.89. The number of hydrogen-bond donors (Lipinski definition) is 0. The van der Waals surface area contributed by atoms with Gasteiger partial charge in [-0.1, -0.05) is 29.8 Å². The van der Waals surface area contributed by atoms with E-state index in [1.165, 1.54) is 6.07 Å². The minimum Gasteiger partial charge on any atom is -0.487 e. The third-order valence-electron chi connectivity index (χ3n) is 2.16. The first-order chi connectivity index (χ1) is 7.08. The molecule has 0 aliphatic carbocycles. The average Bonchev–Trinajstić information content (AvgIpc) is 2.21. The Morgan fingerprint density at radius 2 is 1.87 bits per heavy atom. The summed E-state index contributed by atoms with van der Waals surface area (Å²) < 4.78 is 32.1. The molecule has 0 N–H and O–H groups in total. The van der Waals surface area contributed by atoms with Crippen LogP contribution in [-0.2, 0) is 0 Å². The van der Waals surface area contributed by atoms with Gasteiger partial charge in [0.15, 0.2) is 11.6 Å². The molecule has 0 heterocycles. The van der Waals surface area contributed by atoms with Crippen LogP contribution in [0.25, 0.3) is 0 Å². The van der Waals surface area contributed by atoms with Gasteiger partial charge in [-0.15, -0.1) is 0 Å². The van der Waals surface area contributed by atoms with E-state index in [0.29, 0.717) is 4.47 Å². The van der Waals surface area contributed by atoms with Crippen molar-refractivity contribution in [2.24, 2.45) is 0 Å². The molecular weight excluding hydrogens is 266 g/mol. The highest BCUT2D eigenvalue weighted by Crippen LogP contribution is 2.26. The molecule has 0 aromatic heterocycles. The van der Waals surface area contributed by atoms with Gasteiger partial charge >= 0.3 is 0 Å². The fourth-order valence-corrected chi connectivity index (χ4v) is 1.66. The Hall–Kier alpha value is -0.640. The van der Waals surface area contributed by atoms with Crippen LogP contribution in [0.5, 0.6) is 5.75 Å². The van der Waals surface area contributed by atoms with E-state index in [4.69, 9.17) is 4.74 Å². The van der Waals surface area contributed by atoms with Gasteiger partial charge in [0.1, 0.15) is 0 Å². The molecule has 4 heteroatoms. The van der Waals surface area contributed by atoms with Crippen LogP contribution in [0, 0.1) is 11.6 Å². The monoisotopic (exact) mass is 278 g/mol. The van der Waals surface area contributed by atoms with E-state index < -0.39 is 11.6 Å². The zero-order valence-electron chi connectivity index (χ0n) is 8.69. The maximum atomic E-state index is 13.3. The van der Waals surface area contributed by atoms with E-state index >= 15 is 0 Å². The molecule has 1 aromatic carbocycles. The highest BCUT2D eigenvalue weighted by molar-refractivity contribution is 9.10. The van der Waals surface area contributed by atoms with Gasteiger partial charge < -0.3 is 4.74 Å². The normalized spacial score (nSPS) is 10.8. The molecule has 84 valence electrons. The fourth-order valence-electron chi connectivity index (χ4n) is 1.25. The van der Waals surface area contributed by atoms with Crippen LogP contribution < -0.4 is 4.74 Å². The van der Waals surface area contributed by atoms with Crippen LogP contribution in [0.2, 0.25) is 0 Å². The molecule has 0 fully saturated rings.